The van der Waals surface area contributed by atoms with Gasteiger partial charge in [0.05, 0.1) is 12.7 Å². The molecule has 0 saturated heterocycles. The van der Waals surface area contributed by atoms with Gasteiger partial charge in [-0.2, -0.15) is 13.2 Å². The van der Waals surface area contributed by atoms with Crippen LogP contribution in [0.15, 0.2) is 41.6 Å². The fourth-order valence-electron chi connectivity index (χ4n) is 1.88. The zero-order valence-electron chi connectivity index (χ0n) is 13.4. The van der Waals surface area contributed by atoms with E-state index in [1.54, 1.807) is 12.1 Å². The third kappa shape index (κ3) is 4.68. The Morgan fingerprint density at radius 3 is 2.62 bits per heavy atom. The second kappa shape index (κ2) is 7.81. The van der Waals surface area contributed by atoms with E-state index >= 15 is 0 Å². The molecule has 0 radical (unpaired) electrons. The number of nitrogens with two attached hydrogens (primary N) is 1. The van der Waals surface area contributed by atoms with E-state index in [4.69, 9.17) is 15.3 Å². The van der Waals surface area contributed by atoms with Gasteiger partial charge in [0, 0.05) is 11.6 Å². The number of nitrogens with zero attached hydrogens (tertiary/aromatic N) is 2. The standard InChI is InChI=1S/C16H13F4N3O3/c1-25-14-4-2-3-12(22-14)15(21)23-26-8-13(24)9-5-6-10(11(17)7-9)16(18,19)20/h2-7H,8H2,1H3,(H2,21,23). The first-order valence-electron chi connectivity index (χ1n) is 7.09. The number of aromatic nitrogens is 1. The number of Topliss-reactive ketones (excluding diaryl/α,β-unsaturated/α-hetero) is 1. The van der Waals surface area contributed by atoms with Crippen molar-refractivity contribution in [1.82, 2.24) is 4.98 Å². The highest BCUT2D eigenvalue weighted by molar-refractivity contribution is 5.97. The maximum Gasteiger partial charge on any atom is 0.419 e. The molecule has 0 bridgehead atoms. The lowest BCUT2D eigenvalue weighted by Crippen LogP contribution is -2.17. The first-order valence-corrected chi connectivity index (χ1v) is 7.09. The number of ketones is 1. The van der Waals surface area contributed by atoms with Crippen LogP contribution in [-0.4, -0.2) is 30.3 Å². The average Bonchev–Trinajstić information content (AvgIpc) is 2.60. The number of methoxy groups -OCH3 is 1. The summed E-state index contributed by atoms with van der Waals surface area (Å²) in [5.74, 6) is -2.17. The second-order valence-corrected chi connectivity index (χ2v) is 4.93. The summed E-state index contributed by atoms with van der Waals surface area (Å²) >= 11 is 0. The Balaban J connectivity index is 2.03. The topological polar surface area (TPSA) is 86.8 Å². The lowest BCUT2D eigenvalue weighted by molar-refractivity contribution is -0.140. The minimum absolute atomic E-state index is 0.143. The molecule has 6 nitrogen and oxygen atoms in total. The Morgan fingerprint density at radius 1 is 1.27 bits per heavy atom. The van der Waals surface area contributed by atoms with Gasteiger partial charge in [0.25, 0.3) is 0 Å². The van der Waals surface area contributed by atoms with Gasteiger partial charge < -0.3 is 15.3 Å². The molecule has 2 aromatic rings. The third-order valence-electron chi connectivity index (χ3n) is 3.15. The summed E-state index contributed by atoms with van der Waals surface area (Å²) in [5, 5.41) is 3.50. The van der Waals surface area contributed by atoms with Crippen LogP contribution in [0.2, 0.25) is 0 Å². The van der Waals surface area contributed by atoms with Crippen molar-refractivity contribution in [3.63, 3.8) is 0 Å². The first-order chi connectivity index (χ1) is 12.2. The number of ether oxygens (including phenoxy) is 1. The molecule has 26 heavy (non-hydrogen) atoms. The summed E-state index contributed by atoms with van der Waals surface area (Å²) in [6, 6.07) is 6.55. The van der Waals surface area contributed by atoms with E-state index in [2.05, 4.69) is 10.1 Å². The number of carbonyl (C=O) groups is 1. The summed E-state index contributed by atoms with van der Waals surface area (Å²) < 4.78 is 55.9. The Labute approximate surface area is 145 Å². The lowest BCUT2D eigenvalue weighted by Gasteiger charge is -2.08. The molecule has 0 fully saturated rings. The second-order valence-electron chi connectivity index (χ2n) is 4.93. The molecular weight excluding hydrogens is 358 g/mol. The highest BCUT2D eigenvalue weighted by Crippen LogP contribution is 2.31. The van der Waals surface area contributed by atoms with Crippen molar-refractivity contribution in [3.8, 4) is 5.88 Å². The van der Waals surface area contributed by atoms with Crippen molar-refractivity contribution in [3.05, 3.63) is 59.0 Å². The molecule has 0 aliphatic heterocycles. The predicted molar refractivity (Wildman–Crippen MR) is 83.2 cm³/mol. The van der Waals surface area contributed by atoms with Crippen LogP contribution in [0.1, 0.15) is 21.6 Å². The molecule has 138 valence electrons. The first kappa shape index (κ1) is 19.2. The lowest BCUT2D eigenvalue weighted by atomic mass is 10.1. The number of rotatable bonds is 6. The molecule has 0 aliphatic carbocycles. The molecule has 0 amide bonds. The summed E-state index contributed by atoms with van der Waals surface area (Å²) in [7, 11) is 1.41. The number of benzene rings is 1. The molecule has 0 unspecified atom stereocenters. The number of halogens is 4. The number of oxime groups is 1. The van der Waals surface area contributed by atoms with Gasteiger partial charge in [-0.05, 0) is 18.2 Å². The highest BCUT2D eigenvalue weighted by atomic mass is 19.4. The summed E-state index contributed by atoms with van der Waals surface area (Å²) in [6.07, 6.45) is -4.84. The van der Waals surface area contributed by atoms with E-state index in [-0.39, 0.29) is 23.0 Å². The van der Waals surface area contributed by atoms with E-state index in [0.717, 1.165) is 6.07 Å². The molecule has 1 aromatic carbocycles. The molecule has 0 aliphatic rings. The highest BCUT2D eigenvalue weighted by Gasteiger charge is 2.34. The molecule has 2 N–H and O–H groups in total. The van der Waals surface area contributed by atoms with Gasteiger partial charge in [-0.25, -0.2) is 9.37 Å². The molecule has 0 atom stereocenters. The molecule has 10 heteroatoms. The van der Waals surface area contributed by atoms with Gasteiger partial charge in [-0.3, -0.25) is 4.79 Å². The third-order valence-corrected chi connectivity index (χ3v) is 3.15. The van der Waals surface area contributed by atoms with E-state index in [1.807, 2.05) is 0 Å². The van der Waals surface area contributed by atoms with E-state index in [1.165, 1.54) is 13.2 Å². The fraction of sp³-hybridized carbons (Fsp3) is 0.188. The van der Waals surface area contributed by atoms with Crippen molar-refractivity contribution >= 4 is 11.6 Å². The van der Waals surface area contributed by atoms with Crippen LogP contribution < -0.4 is 10.5 Å². The van der Waals surface area contributed by atoms with Crippen molar-refractivity contribution < 1.29 is 31.9 Å². The molecule has 1 aromatic heterocycles. The molecule has 2 rings (SSSR count). The average molecular weight is 371 g/mol. The van der Waals surface area contributed by atoms with Crippen LogP contribution in [0.25, 0.3) is 0 Å². The smallest absolute Gasteiger partial charge is 0.419 e. The van der Waals surface area contributed by atoms with Crippen molar-refractivity contribution in [2.45, 2.75) is 6.18 Å². The van der Waals surface area contributed by atoms with Crippen LogP contribution >= 0.6 is 0 Å². The van der Waals surface area contributed by atoms with Gasteiger partial charge in [-0.1, -0.05) is 17.3 Å². The van der Waals surface area contributed by atoms with Crippen LogP contribution in [0.3, 0.4) is 0 Å². The number of pyridine rings is 1. The largest absolute Gasteiger partial charge is 0.481 e. The molecule has 1 heterocycles. The van der Waals surface area contributed by atoms with Gasteiger partial charge in [0.2, 0.25) is 11.7 Å². The minimum atomic E-state index is -4.84. The van der Waals surface area contributed by atoms with Crippen LogP contribution in [0.5, 0.6) is 5.88 Å². The number of hydrogen-bond donors (Lipinski definition) is 1. The van der Waals surface area contributed by atoms with Crippen molar-refractivity contribution in [1.29, 1.82) is 0 Å². The fourth-order valence-corrected chi connectivity index (χ4v) is 1.88. The normalized spacial score (nSPS) is 12.0. The van der Waals surface area contributed by atoms with Gasteiger partial charge in [-0.15, -0.1) is 0 Å². The van der Waals surface area contributed by atoms with Gasteiger partial charge in [0.15, 0.2) is 12.4 Å². The molecular formula is C16H13F4N3O3. The monoisotopic (exact) mass is 371 g/mol. The summed E-state index contributed by atoms with van der Waals surface area (Å²) in [5.41, 5.74) is 4.13. The number of hydrogen-bond acceptors (Lipinski definition) is 5. The SMILES string of the molecule is COc1cccc(C(N)=NOCC(=O)c2ccc(C(F)(F)F)c(F)c2)n1. The predicted octanol–water partition coefficient (Wildman–Crippen LogP) is 2.77. The van der Waals surface area contributed by atoms with Gasteiger partial charge in [0.1, 0.15) is 11.5 Å². The zero-order valence-corrected chi connectivity index (χ0v) is 13.4. The van der Waals surface area contributed by atoms with E-state index < -0.39 is 29.9 Å². The maximum atomic E-state index is 13.5. The Kier molecular flexibility index (Phi) is 5.75. The number of amidine groups is 1. The van der Waals surface area contributed by atoms with Crippen molar-refractivity contribution in [2.75, 3.05) is 13.7 Å². The number of carbonyl (C=O) groups excluding carboxylic acids is 1. The molecule has 0 saturated carbocycles. The van der Waals surface area contributed by atoms with Crippen LogP contribution in [0.4, 0.5) is 17.6 Å². The van der Waals surface area contributed by atoms with E-state index in [9.17, 15) is 22.4 Å². The van der Waals surface area contributed by atoms with Gasteiger partial charge >= 0.3 is 6.18 Å². The summed E-state index contributed by atoms with van der Waals surface area (Å²) in [6.45, 7) is -0.643. The Hall–Kier alpha value is -3.17. The maximum absolute atomic E-state index is 13.5. The zero-order chi connectivity index (χ0) is 19.3. The quantitative estimate of drug-likeness (QED) is 0.277. The minimum Gasteiger partial charge on any atom is -0.481 e. The molecule has 0 spiro atoms. The Morgan fingerprint density at radius 2 is 2.00 bits per heavy atom. The Bertz CT molecular complexity index is 838. The van der Waals surface area contributed by atoms with Crippen LogP contribution in [-0.2, 0) is 11.0 Å². The number of alkyl halides is 3. The van der Waals surface area contributed by atoms with Crippen LogP contribution in [0, 0.1) is 5.82 Å². The van der Waals surface area contributed by atoms with Crippen molar-refractivity contribution in [2.24, 2.45) is 10.9 Å². The van der Waals surface area contributed by atoms with E-state index in [0.29, 0.717) is 12.1 Å². The summed E-state index contributed by atoms with van der Waals surface area (Å²) in [4.78, 5) is 20.6.